The van der Waals surface area contributed by atoms with Crippen molar-refractivity contribution in [1.82, 2.24) is 0 Å². The summed E-state index contributed by atoms with van der Waals surface area (Å²) in [6.07, 6.45) is 5.98. The predicted octanol–water partition coefficient (Wildman–Crippen LogP) is 6.52. The van der Waals surface area contributed by atoms with E-state index < -0.39 is 0 Å². The average molecular weight is 449 g/mol. The molecule has 0 heterocycles. The van der Waals surface area contributed by atoms with Crippen LogP contribution >= 0.6 is 0 Å². The topological polar surface area (TPSA) is 52.6 Å². The minimum absolute atomic E-state index is 0.0938. The van der Waals surface area contributed by atoms with Gasteiger partial charge in [-0.2, -0.15) is 0 Å². The van der Waals surface area contributed by atoms with Crippen molar-refractivity contribution in [1.29, 1.82) is 0 Å². The number of carbonyl (C=O) groups is 2. The maximum absolute atomic E-state index is 11.6. The zero-order chi connectivity index (χ0) is 23.8. The molecule has 0 spiro atoms. The van der Waals surface area contributed by atoms with Gasteiger partial charge in [-0.1, -0.05) is 69.0 Å². The van der Waals surface area contributed by atoms with Crippen molar-refractivity contribution in [3.63, 3.8) is 0 Å². The van der Waals surface area contributed by atoms with Crippen LogP contribution in [0.3, 0.4) is 0 Å². The zero-order valence-corrected chi connectivity index (χ0v) is 20.1. The third kappa shape index (κ3) is 7.59. The third-order valence-corrected chi connectivity index (χ3v) is 6.42. The van der Waals surface area contributed by atoms with E-state index in [4.69, 9.17) is 9.47 Å². The van der Waals surface area contributed by atoms with Crippen LogP contribution in [0.4, 0.5) is 0 Å². The largest absolute Gasteiger partial charge is 0.461 e. The molecular formula is C29H36O4. The lowest BCUT2D eigenvalue weighted by atomic mass is 9.76. The fourth-order valence-electron chi connectivity index (χ4n) is 4.28. The molecule has 1 aliphatic rings. The predicted molar refractivity (Wildman–Crippen MR) is 131 cm³/mol. The molecule has 0 bridgehead atoms. The fourth-order valence-corrected chi connectivity index (χ4v) is 4.28. The second-order valence-corrected chi connectivity index (χ2v) is 9.60. The van der Waals surface area contributed by atoms with E-state index in [0.717, 1.165) is 17.5 Å². The second kappa shape index (κ2) is 11.8. The van der Waals surface area contributed by atoms with Crippen LogP contribution in [0.25, 0.3) is 0 Å². The van der Waals surface area contributed by atoms with Gasteiger partial charge in [0, 0.05) is 5.57 Å². The molecule has 4 nitrogen and oxygen atoms in total. The first kappa shape index (κ1) is 24.8. The van der Waals surface area contributed by atoms with Crippen LogP contribution < -0.4 is 0 Å². The molecular weight excluding hydrogens is 412 g/mol. The first-order chi connectivity index (χ1) is 15.8. The molecule has 4 heteroatoms. The van der Waals surface area contributed by atoms with Crippen molar-refractivity contribution in [3.8, 4) is 0 Å². The lowest BCUT2D eigenvalue weighted by Crippen LogP contribution is -2.15. The van der Waals surface area contributed by atoms with Crippen LogP contribution in [-0.4, -0.2) is 11.9 Å². The van der Waals surface area contributed by atoms with Gasteiger partial charge < -0.3 is 9.47 Å². The molecule has 0 amide bonds. The van der Waals surface area contributed by atoms with Crippen molar-refractivity contribution >= 4 is 11.9 Å². The number of hydrogen-bond donors (Lipinski definition) is 0. The number of carbonyl (C=O) groups excluding carboxylic acids is 2. The fraction of sp³-hybridized carbons (Fsp3) is 0.448. The zero-order valence-electron chi connectivity index (χ0n) is 20.1. The van der Waals surface area contributed by atoms with Gasteiger partial charge in [-0.15, -0.1) is 0 Å². The second-order valence-electron chi connectivity index (χ2n) is 9.60. The molecule has 3 rings (SSSR count). The van der Waals surface area contributed by atoms with Crippen molar-refractivity contribution in [2.45, 2.75) is 72.0 Å². The van der Waals surface area contributed by atoms with E-state index in [0.29, 0.717) is 24.0 Å². The van der Waals surface area contributed by atoms with Crippen LogP contribution in [0.5, 0.6) is 0 Å². The Kier molecular flexibility index (Phi) is 8.87. The molecule has 2 aromatic rings. The number of hydrogen-bond acceptors (Lipinski definition) is 4. The Bertz CT molecular complexity index is 933. The molecule has 33 heavy (non-hydrogen) atoms. The van der Waals surface area contributed by atoms with Gasteiger partial charge in [-0.25, -0.2) is 4.79 Å². The van der Waals surface area contributed by atoms with E-state index in [-0.39, 0.29) is 24.5 Å². The van der Waals surface area contributed by atoms with E-state index in [1.165, 1.54) is 36.8 Å². The van der Waals surface area contributed by atoms with E-state index >= 15 is 0 Å². The molecule has 1 fully saturated rings. The lowest BCUT2D eigenvalue weighted by molar-refractivity contribution is -0.148. The minimum Gasteiger partial charge on any atom is -0.461 e. The molecule has 1 aliphatic carbocycles. The lowest BCUT2D eigenvalue weighted by Gasteiger charge is -2.29. The summed E-state index contributed by atoms with van der Waals surface area (Å²) in [5.41, 5.74) is 5.19. The average Bonchev–Trinajstić information content (AvgIpc) is 2.82. The molecule has 176 valence electrons. The van der Waals surface area contributed by atoms with Gasteiger partial charge in [0.25, 0.3) is 0 Å². The molecule has 0 aromatic heterocycles. The summed E-state index contributed by atoms with van der Waals surface area (Å²) in [5, 5.41) is 0. The van der Waals surface area contributed by atoms with Crippen LogP contribution in [0.1, 0.15) is 74.6 Å². The van der Waals surface area contributed by atoms with Crippen LogP contribution in [-0.2, 0) is 38.7 Å². The van der Waals surface area contributed by atoms with Gasteiger partial charge in [-0.3, -0.25) is 4.79 Å². The van der Waals surface area contributed by atoms with Crippen LogP contribution in [0.15, 0.2) is 60.7 Å². The van der Waals surface area contributed by atoms with Gasteiger partial charge >= 0.3 is 11.9 Å². The molecule has 0 radical (unpaired) electrons. The van der Waals surface area contributed by atoms with Crippen molar-refractivity contribution < 1.29 is 19.1 Å². The Labute approximate surface area is 198 Å². The van der Waals surface area contributed by atoms with E-state index in [1.807, 2.05) is 13.8 Å². The molecule has 0 atom stereocenters. The van der Waals surface area contributed by atoms with Crippen molar-refractivity contribution in [3.05, 3.63) is 82.9 Å². The maximum Gasteiger partial charge on any atom is 0.333 e. The molecule has 0 saturated heterocycles. The van der Waals surface area contributed by atoms with Gasteiger partial charge in [0.15, 0.2) is 0 Å². The minimum atomic E-state index is -0.346. The Balaban J connectivity index is 1.43. The summed E-state index contributed by atoms with van der Waals surface area (Å²) in [5.74, 6) is 0.722. The van der Waals surface area contributed by atoms with Crippen molar-refractivity contribution in [2.24, 2.45) is 11.8 Å². The number of rotatable bonds is 9. The summed E-state index contributed by atoms with van der Waals surface area (Å²) < 4.78 is 10.5. The Hall–Kier alpha value is -2.88. The van der Waals surface area contributed by atoms with Crippen LogP contribution in [0.2, 0.25) is 0 Å². The Morgan fingerprint density at radius 2 is 1.36 bits per heavy atom. The van der Waals surface area contributed by atoms with Gasteiger partial charge in [-0.05, 0) is 73.1 Å². The van der Waals surface area contributed by atoms with Gasteiger partial charge in [0.1, 0.15) is 13.2 Å². The van der Waals surface area contributed by atoms with E-state index in [9.17, 15) is 9.59 Å². The first-order valence-corrected chi connectivity index (χ1v) is 12.0. The number of esters is 2. The first-order valence-electron chi connectivity index (χ1n) is 12.0. The molecule has 0 N–H and O–H groups in total. The summed E-state index contributed by atoms with van der Waals surface area (Å²) in [4.78, 5) is 23.2. The quantitative estimate of drug-likeness (QED) is 0.324. The molecule has 0 unspecified atom stereocenters. The summed E-state index contributed by atoms with van der Waals surface area (Å²) in [6.45, 7) is 9.59. The highest BCUT2D eigenvalue weighted by Gasteiger charge is 2.22. The van der Waals surface area contributed by atoms with Gasteiger partial charge in [0.05, 0.1) is 5.92 Å². The highest BCUT2D eigenvalue weighted by Crippen LogP contribution is 2.37. The summed E-state index contributed by atoms with van der Waals surface area (Å²) in [7, 11) is 0. The number of benzene rings is 2. The SMILES string of the molecule is C=C(C)C(=O)OCc1ccc(C2CCC(Cc3ccc(COC(=O)C(C)C)cc3)CC2)cc1. The van der Waals surface area contributed by atoms with E-state index in [1.54, 1.807) is 6.92 Å². The normalized spacial score (nSPS) is 18.1. The third-order valence-electron chi connectivity index (χ3n) is 6.42. The highest BCUT2D eigenvalue weighted by atomic mass is 16.5. The van der Waals surface area contributed by atoms with Crippen molar-refractivity contribution in [2.75, 3.05) is 0 Å². The number of ether oxygens (including phenoxy) is 2. The molecule has 1 saturated carbocycles. The smallest absolute Gasteiger partial charge is 0.333 e. The molecule has 0 aliphatic heterocycles. The van der Waals surface area contributed by atoms with Gasteiger partial charge in [0.2, 0.25) is 0 Å². The van der Waals surface area contributed by atoms with Crippen LogP contribution in [0, 0.1) is 11.8 Å². The van der Waals surface area contributed by atoms with E-state index in [2.05, 4.69) is 55.1 Å². The highest BCUT2D eigenvalue weighted by molar-refractivity contribution is 5.86. The Morgan fingerprint density at radius 3 is 1.91 bits per heavy atom. The summed E-state index contributed by atoms with van der Waals surface area (Å²) in [6, 6.07) is 17.0. The maximum atomic E-state index is 11.6. The Morgan fingerprint density at radius 1 is 0.848 bits per heavy atom. The molecule has 2 aromatic carbocycles. The standard InChI is InChI=1S/C29H36O4/c1-20(2)28(30)32-18-24-7-5-22(6-8-24)17-23-9-13-26(14-10-23)27-15-11-25(12-16-27)19-33-29(31)21(3)4/h5-8,11-12,15-16,20,23,26H,3,9-10,13-14,17-19H2,1-2,4H3. The summed E-state index contributed by atoms with van der Waals surface area (Å²) >= 11 is 0. The monoisotopic (exact) mass is 448 g/mol.